The van der Waals surface area contributed by atoms with E-state index in [0.717, 1.165) is 58.7 Å². The Balaban J connectivity index is 1.80. The van der Waals surface area contributed by atoms with Crippen molar-refractivity contribution in [2.45, 2.75) is 44.8 Å². The van der Waals surface area contributed by atoms with Crippen molar-refractivity contribution in [3.05, 3.63) is 0 Å². The predicted octanol–water partition coefficient (Wildman–Crippen LogP) is 0.848. The number of hydrogen-bond acceptors (Lipinski definition) is 4. The summed E-state index contributed by atoms with van der Waals surface area (Å²) >= 11 is 0. The van der Waals surface area contributed by atoms with Gasteiger partial charge in [-0.15, -0.1) is 0 Å². The minimum atomic E-state index is -0.120. The highest BCUT2D eigenvalue weighted by Crippen LogP contribution is 2.19. The van der Waals surface area contributed by atoms with E-state index in [4.69, 9.17) is 4.74 Å². The smallest absolute Gasteiger partial charge is 0.0667 e. The monoisotopic (exact) mass is 256 g/mol. The fourth-order valence-corrected chi connectivity index (χ4v) is 3.10. The molecule has 2 saturated heterocycles. The van der Waals surface area contributed by atoms with Gasteiger partial charge in [0.1, 0.15) is 0 Å². The van der Waals surface area contributed by atoms with E-state index in [1.54, 1.807) is 0 Å². The Morgan fingerprint density at radius 1 is 1.39 bits per heavy atom. The third kappa shape index (κ3) is 4.19. The van der Waals surface area contributed by atoms with Crippen molar-refractivity contribution in [2.75, 3.05) is 39.4 Å². The molecule has 0 aromatic carbocycles. The molecule has 2 rings (SSSR count). The number of nitrogens with one attached hydrogen (secondary N) is 1. The number of likely N-dealkylation sites (tertiary alicyclic amines) is 1. The quantitative estimate of drug-likeness (QED) is 0.765. The lowest BCUT2D eigenvalue weighted by molar-refractivity contribution is 0.0000523. The van der Waals surface area contributed by atoms with Crippen LogP contribution < -0.4 is 5.32 Å². The average molecular weight is 256 g/mol. The Hall–Kier alpha value is -0.160. The molecule has 106 valence electrons. The van der Waals surface area contributed by atoms with Crippen molar-refractivity contribution in [1.82, 2.24) is 10.2 Å². The number of aliphatic hydroxyl groups excluding tert-OH is 1. The second kappa shape index (κ2) is 7.43. The highest BCUT2D eigenvalue weighted by molar-refractivity contribution is 4.84. The van der Waals surface area contributed by atoms with Crippen LogP contribution in [0.25, 0.3) is 0 Å². The van der Waals surface area contributed by atoms with E-state index in [2.05, 4.69) is 17.1 Å². The van der Waals surface area contributed by atoms with E-state index in [-0.39, 0.29) is 6.10 Å². The number of piperidine rings is 1. The second-order valence-electron chi connectivity index (χ2n) is 5.74. The third-order valence-corrected chi connectivity index (χ3v) is 4.10. The first-order chi connectivity index (χ1) is 8.79. The zero-order valence-electron chi connectivity index (χ0n) is 11.6. The summed E-state index contributed by atoms with van der Waals surface area (Å²) < 4.78 is 5.63. The molecule has 0 saturated carbocycles. The lowest BCUT2D eigenvalue weighted by atomic mass is 9.94. The number of hydrogen-bond donors (Lipinski definition) is 2. The van der Waals surface area contributed by atoms with Crippen LogP contribution in [0.15, 0.2) is 0 Å². The molecule has 0 aliphatic carbocycles. The Labute approximate surface area is 111 Å². The van der Waals surface area contributed by atoms with E-state index in [1.165, 1.54) is 6.42 Å². The minimum Gasteiger partial charge on any atom is -0.392 e. The number of rotatable bonds is 5. The highest BCUT2D eigenvalue weighted by Gasteiger charge is 2.28. The van der Waals surface area contributed by atoms with Crippen LogP contribution in [0.4, 0.5) is 0 Å². The molecule has 3 unspecified atom stereocenters. The second-order valence-corrected chi connectivity index (χ2v) is 5.74. The molecule has 2 fully saturated rings. The van der Waals surface area contributed by atoms with Gasteiger partial charge in [-0.1, -0.05) is 6.92 Å². The first-order valence-corrected chi connectivity index (χ1v) is 7.51. The summed E-state index contributed by atoms with van der Waals surface area (Å²) in [5, 5.41) is 13.4. The molecule has 4 nitrogen and oxygen atoms in total. The van der Waals surface area contributed by atoms with E-state index >= 15 is 0 Å². The number of ether oxygens (including phenoxy) is 1. The van der Waals surface area contributed by atoms with Gasteiger partial charge < -0.3 is 20.1 Å². The fourth-order valence-electron chi connectivity index (χ4n) is 3.10. The minimum absolute atomic E-state index is 0.120. The molecular formula is C14H28N2O2. The first-order valence-electron chi connectivity index (χ1n) is 7.51. The summed E-state index contributed by atoms with van der Waals surface area (Å²) in [7, 11) is 0. The van der Waals surface area contributed by atoms with Crippen LogP contribution in [-0.2, 0) is 4.74 Å². The van der Waals surface area contributed by atoms with Crippen LogP contribution >= 0.6 is 0 Å². The molecule has 2 N–H and O–H groups in total. The van der Waals surface area contributed by atoms with Crippen LogP contribution in [0.3, 0.4) is 0 Å². The lowest BCUT2D eigenvalue weighted by Gasteiger charge is -2.38. The van der Waals surface area contributed by atoms with Gasteiger partial charge in [-0.2, -0.15) is 0 Å². The zero-order chi connectivity index (χ0) is 12.8. The number of nitrogens with zero attached hydrogens (tertiary/aromatic N) is 1. The fraction of sp³-hybridized carbons (Fsp3) is 1.00. The van der Waals surface area contributed by atoms with Gasteiger partial charge in [0.15, 0.2) is 0 Å². The molecule has 0 aromatic heterocycles. The van der Waals surface area contributed by atoms with Gasteiger partial charge in [0.25, 0.3) is 0 Å². The van der Waals surface area contributed by atoms with Gasteiger partial charge in [0.2, 0.25) is 0 Å². The maximum absolute atomic E-state index is 9.73. The number of β-amino-alcohol motifs (C(OH)–C–C–N with tert-alkyl or cyclic N) is 1. The summed E-state index contributed by atoms with van der Waals surface area (Å²) in [5.41, 5.74) is 0. The Bertz CT molecular complexity index is 238. The molecule has 0 amide bonds. The standard InChI is InChI=1S/C14H28N2O2/c1-2-6-15-14-5-8-18-11-12(14)9-16-7-3-4-13(17)10-16/h12-15,17H,2-11H2,1H3. The van der Waals surface area contributed by atoms with Crippen molar-refractivity contribution in [3.8, 4) is 0 Å². The molecular weight excluding hydrogens is 228 g/mol. The van der Waals surface area contributed by atoms with E-state index in [9.17, 15) is 5.11 Å². The summed E-state index contributed by atoms with van der Waals surface area (Å²) in [6, 6.07) is 0.595. The first kappa shape index (κ1) is 14.3. The van der Waals surface area contributed by atoms with Crippen LogP contribution in [-0.4, -0.2) is 61.5 Å². The van der Waals surface area contributed by atoms with Gasteiger partial charge in [0.05, 0.1) is 12.7 Å². The Morgan fingerprint density at radius 3 is 3.06 bits per heavy atom. The van der Waals surface area contributed by atoms with Crippen molar-refractivity contribution < 1.29 is 9.84 Å². The third-order valence-electron chi connectivity index (χ3n) is 4.10. The summed E-state index contributed by atoms with van der Waals surface area (Å²) in [5.74, 6) is 0.579. The van der Waals surface area contributed by atoms with Crippen molar-refractivity contribution in [1.29, 1.82) is 0 Å². The normalized spacial score (nSPS) is 34.7. The van der Waals surface area contributed by atoms with Crippen LogP contribution in [0.5, 0.6) is 0 Å². The van der Waals surface area contributed by atoms with Gasteiger partial charge in [0, 0.05) is 31.7 Å². The molecule has 0 radical (unpaired) electrons. The molecule has 2 aliphatic heterocycles. The lowest BCUT2D eigenvalue weighted by Crippen LogP contribution is -2.50. The Morgan fingerprint density at radius 2 is 2.28 bits per heavy atom. The van der Waals surface area contributed by atoms with Gasteiger partial charge in [-0.25, -0.2) is 0 Å². The van der Waals surface area contributed by atoms with E-state index in [0.29, 0.717) is 12.0 Å². The van der Waals surface area contributed by atoms with Crippen LogP contribution in [0.2, 0.25) is 0 Å². The van der Waals surface area contributed by atoms with Gasteiger partial charge in [-0.3, -0.25) is 0 Å². The zero-order valence-corrected chi connectivity index (χ0v) is 11.6. The molecule has 0 bridgehead atoms. The maximum Gasteiger partial charge on any atom is 0.0667 e. The predicted molar refractivity (Wildman–Crippen MR) is 72.7 cm³/mol. The average Bonchev–Trinajstić information content (AvgIpc) is 2.38. The van der Waals surface area contributed by atoms with Crippen molar-refractivity contribution in [2.24, 2.45) is 5.92 Å². The molecule has 3 atom stereocenters. The largest absolute Gasteiger partial charge is 0.392 e. The van der Waals surface area contributed by atoms with Gasteiger partial charge >= 0.3 is 0 Å². The molecule has 4 heteroatoms. The van der Waals surface area contributed by atoms with Crippen molar-refractivity contribution in [3.63, 3.8) is 0 Å². The van der Waals surface area contributed by atoms with E-state index in [1.807, 2.05) is 0 Å². The van der Waals surface area contributed by atoms with E-state index < -0.39 is 0 Å². The maximum atomic E-state index is 9.73. The van der Waals surface area contributed by atoms with Gasteiger partial charge in [-0.05, 0) is 38.8 Å². The molecule has 0 spiro atoms. The summed E-state index contributed by atoms with van der Waals surface area (Å²) in [6.45, 7) is 8.12. The van der Waals surface area contributed by atoms with Crippen LogP contribution in [0.1, 0.15) is 32.6 Å². The number of aliphatic hydroxyl groups is 1. The molecule has 2 aliphatic rings. The molecule has 2 heterocycles. The topological polar surface area (TPSA) is 44.7 Å². The van der Waals surface area contributed by atoms with Crippen LogP contribution in [0, 0.1) is 5.92 Å². The highest BCUT2D eigenvalue weighted by atomic mass is 16.5. The van der Waals surface area contributed by atoms with Crippen molar-refractivity contribution >= 4 is 0 Å². The molecule has 18 heavy (non-hydrogen) atoms. The Kier molecular flexibility index (Phi) is 5.89. The summed E-state index contributed by atoms with van der Waals surface area (Å²) in [6.07, 6.45) is 4.29. The molecule has 0 aromatic rings. The summed E-state index contributed by atoms with van der Waals surface area (Å²) in [4.78, 5) is 2.41. The SMILES string of the molecule is CCCNC1CCOCC1CN1CCCC(O)C1.